The van der Waals surface area contributed by atoms with Crippen molar-refractivity contribution in [1.82, 2.24) is 4.72 Å². The minimum absolute atomic E-state index is 0.0287. The largest absolute Gasteiger partial charge is 0.481 e. The lowest BCUT2D eigenvalue weighted by Gasteiger charge is -2.27. The third-order valence-electron chi connectivity index (χ3n) is 4.98. The molecule has 6 heteroatoms. The van der Waals surface area contributed by atoms with Gasteiger partial charge in [0.05, 0.1) is 12.2 Å². The molecule has 1 fully saturated rings. The van der Waals surface area contributed by atoms with Gasteiger partial charge in [0.25, 0.3) is 0 Å². The van der Waals surface area contributed by atoms with Crippen LogP contribution in [0, 0.1) is 0 Å². The van der Waals surface area contributed by atoms with Crippen molar-refractivity contribution >= 4 is 16.0 Å². The molecule has 1 atom stereocenters. The number of benzene rings is 2. The molecule has 3 rings (SSSR count). The Balaban J connectivity index is 1.67. The molecule has 26 heavy (non-hydrogen) atoms. The smallest absolute Gasteiger partial charge is 0.307 e. The van der Waals surface area contributed by atoms with Crippen LogP contribution in [0.15, 0.2) is 54.6 Å². The predicted octanol–water partition coefficient (Wildman–Crippen LogP) is 2.51. The average Bonchev–Trinajstić information content (AvgIpc) is 2.93. The van der Waals surface area contributed by atoms with Crippen LogP contribution in [-0.2, 0) is 33.1 Å². The number of aryl methyl sites for hydroxylation is 1. The molecule has 2 N–H and O–H groups in total. The lowest BCUT2D eigenvalue weighted by molar-refractivity contribution is -0.136. The molecule has 0 bridgehead atoms. The van der Waals surface area contributed by atoms with E-state index < -0.39 is 16.0 Å². The topological polar surface area (TPSA) is 83.5 Å². The van der Waals surface area contributed by atoms with Gasteiger partial charge in [0.2, 0.25) is 10.0 Å². The van der Waals surface area contributed by atoms with E-state index in [-0.39, 0.29) is 17.6 Å². The first-order valence-electron chi connectivity index (χ1n) is 8.71. The highest BCUT2D eigenvalue weighted by Gasteiger charge is 2.42. The molecular formula is C20H23NO4S. The molecule has 1 aliphatic heterocycles. The predicted molar refractivity (Wildman–Crippen MR) is 101 cm³/mol. The molecule has 5 nitrogen and oxygen atoms in total. The molecule has 1 unspecified atom stereocenters. The molecule has 1 saturated heterocycles. The van der Waals surface area contributed by atoms with E-state index >= 15 is 0 Å². The highest BCUT2D eigenvalue weighted by atomic mass is 32.2. The molecule has 0 radical (unpaired) electrons. The van der Waals surface area contributed by atoms with Gasteiger partial charge >= 0.3 is 5.97 Å². The number of hydrogen-bond acceptors (Lipinski definition) is 3. The average molecular weight is 373 g/mol. The summed E-state index contributed by atoms with van der Waals surface area (Å²) in [5, 5.41) is 8.82. The summed E-state index contributed by atoms with van der Waals surface area (Å²) in [4.78, 5) is 10.7. The summed E-state index contributed by atoms with van der Waals surface area (Å²) >= 11 is 0. The van der Waals surface area contributed by atoms with Gasteiger partial charge in [0.1, 0.15) is 0 Å². The zero-order chi connectivity index (χ0) is 18.6. The van der Waals surface area contributed by atoms with Gasteiger partial charge in [-0.2, -0.15) is 0 Å². The summed E-state index contributed by atoms with van der Waals surface area (Å²) in [6.45, 7) is 0.441. The minimum atomic E-state index is -3.22. The Morgan fingerprint density at radius 3 is 2.27 bits per heavy atom. The number of rotatable bonds is 7. The summed E-state index contributed by atoms with van der Waals surface area (Å²) in [7, 11) is -3.22. The van der Waals surface area contributed by atoms with E-state index in [1.54, 1.807) is 0 Å². The molecule has 0 amide bonds. The van der Waals surface area contributed by atoms with E-state index in [1.807, 2.05) is 54.6 Å². The van der Waals surface area contributed by atoms with E-state index in [1.165, 1.54) is 0 Å². The van der Waals surface area contributed by atoms with Crippen molar-refractivity contribution < 1.29 is 18.3 Å². The number of hydrogen-bond donors (Lipinski definition) is 2. The zero-order valence-electron chi connectivity index (χ0n) is 14.5. The number of aliphatic carboxylic acids is 1. The van der Waals surface area contributed by atoms with Crippen LogP contribution in [0.3, 0.4) is 0 Å². The van der Waals surface area contributed by atoms with E-state index in [0.717, 1.165) is 36.0 Å². The zero-order valence-corrected chi connectivity index (χ0v) is 15.3. The van der Waals surface area contributed by atoms with Crippen molar-refractivity contribution in [2.24, 2.45) is 0 Å². The lowest BCUT2D eigenvalue weighted by atomic mass is 9.78. The van der Waals surface area contributed by atoms with Crippen LogP contribution in [0.4, 0.5) is 0 Å². The van der Waals surface area contributed by atoms with Gasteiger partial charge < -0.3 is 5.11 Å². The van der Waals surface area contributed by atoms with Crippen LogP contribution < -0.4 is 4.72 Å². The quantitative estimate of drug-likeness (QED) is 0.781. The first-order valence-corrected chi connectivity index (χ1v) is 10.4. The third kappa shape index (κ3) is 4.51. The number of sulfonamides is 1. The highest BCUT2D eigenvalue weighted by molar-refractivity contribution is 7.89. The van der Waals surface area contributed by atoms with Crippen LogP contribution in [-0.4, -0.2) is 31.8 Å². The van der Waals surface area contributed by atoms with Crippen molar-refractivity contribution in [3.8, 4) is 0 Å². The first-order chi connectivity index (χ1) is 12.4. The lowest BCUT2D eigenvalue weighted by Crippen LogP contribution is -2.31. The molecule has 138 valence electrons. The molecule has 0 saturated carbocycles. The number of nitrogens with one attached hydrogen (secondary N) is 1. The second kappa shape index (κ2) is 7.60. The normalized spacial score (nSPS) is 21.5. The Hall–Kier alpha value is -2.18. The van der Waals surface area contributed by atoms with Crippen molar-refractivity contribution in [2.75, 3.05) is 12.3 Å². The molecule has 2 aromatic rings. The van der Waals surface area contributed by atoms with Gasteiger partial charge in [-0.15, -0.1) is 0 Å². The summed E-state index contributed by atoms with van der Waals surface area (Å²) in [5.74, 6) is -0.709. The fourth-order valence-electron chi connectivity index (χ4n) is 3.63. The molecular weight excluding hydrogens is 350 g/mol. The highest BCUT2D eigenvalue weighted by Crippen LogP contribution is 2.34. The maximum Gasteiger partial charge on any atom is 0.307 e. The Labute approximate surface area is 154 Å². The second-order valence-electron chi connectivity index (χ2n) is 6.97. The Morgan fingerprint density at radius 2 is 1.69 bits per heavy atom. The van der Waals surface area contributed by atoms with Gasteiger partial charge in [-0.25, -0.2) is 13.1 Å². The first kappa shape index (κ1) is 18.6. The van der Waals surface area contributed by atoms with Gasteiger partial charge in [0.15, 0.2) is 0 Å². The van der Waals surface area contributed by atoms with Gasteiger partial charge in [-0.1, -0.05) is 54.6 Å². The summed E-state index contributed by atoms with van der Waals surface area (Å²) in [6.07, 6.45) is 2.51. The van der Waals surface area contributed by atoms with E-state index in [9.17, 15) is 13.2 Å². The summed E-state index contributed by atoms with van der Waals surface area (Å²) < 4.78 is 26.7. The minimum Gasteiger partial charge on any atom is -0.481 e. The van der Waals surface area contributed by atoms with Crippen molar-refractivity contribution in [1.29, 1.82) is 0 Å². The third-order valence-corrected chi connectivity index (χ3v) is 6.50. The number of carbonyl (C=O) groups is 1. The fraction of sp³-hybridized carbons (Fsp3) is 0.350. The maximum atomic E-state index is 12.0. The summed E-state index contributed by atoms with van der Waals surface area (Å²) in [6, 6.07) is 17.4. The monoisotopic (exact) mass is 373 g/mol. The van der Waals surface area contributed by atoms with Crippen LogP contribution in [0.5, 0.6) is 0 Å². The molecule has 0 spiro atoms. The van der Waals surface area contributed by atoms with Crippen molar-refractivity contribution in [2.45, 2.75) is 31.1 Å². The SMILES string of the molecule is O=C(O)Cc1ccc(CCCC2(c3ccccc3)CNS(=O)(=O)C2)cc1. The van der Waals surface area contributed by atoms with Crippen LogP contribution in [0.2, 0.25) is 0 Å². The van der Waals surface area contributed by atoms with Crippen molar-refractivity contribution in [3.05, 3.63) is 71.3 Å². The molecule has 1 heterocycles. The van der Waals surface area contributed by atoms with Gasteiger partial charge in [0, 0.05) is 12.0 Å². The summed E-state index contributed by atoms with van der Waals surface area (Å²) in [5.41, 5.74) is 2.60. The number of carboxylic acids is 1. The van der Waals surface area contributed by atoms with Crippen molar-refractivity contribution in [3.63, 3.8) is 0 Å². The van der Waals surface area contributed by atoms with Crippen LogP contribution >= 0.6 is 0 Å². The molecule has 1 aliphatic rings. The Kier molecular flexibility index (Phi) is 5.44. The number of carboxylic acid groups (broad SMARTS) is 1. The fourth-order valence-corrected chi connectivity index (χ4v) is 5.36. The van der Waals surface area contributed by atoms with Gasteiger partial charge in [-0.3, -0.25) is 4.79 Å². The molecule has 0 aromatic heterocycles. The molecule has 0 aliphatic carbocycles. The van der Waals surface area contributed by atoms with Crippen LogP contribution in [0.25, 0.3) is 0 Å². The van der Waals surface area contributed by atoms with E-state index in [4.69, 9.17) is 5.11 Å². The Bertz CT molecular complexity index is 862. The van der Waals surface area contributed by atoms with Gasteiger partial charge in [-0.05, 0) is 36.0 Å². The van der Waals surface area contributed by atoms with E-state index in [2.05, 4.69) is 4.72 Å². The van der Waals surface area contributed by atoms with Crippen LogP contribution in [0.1, 0.15) is 29.5 Å². The molecule has 2 aromatic carbocycles. The van der Waals surface area contributed by atoms with E-state index in [0.29, 0.717) is 6.54 Å². The second-order valence-corrected chi connectivity index (χ2v) is 8.77. The maximum absolute atomic E-state index is 12.0. The standard InChI is InChI=1S/C20H23NO4S/c22-19(23)13-17-10-8-16(9-11-17)5-4-12-20(14-21-26(24,25)15-20)18-6-2-1-3-7-18/h1-3,6-11,21H,4-5,12-15H2,(H,22,23). The Morgan fingerprint density at radius 1 is 1.04 bits per heavy atom.